The highest BCUT2D eigenvalue weighted by Crippen LogP contribution is 2.39. The van der Waals surface area contributed by atoms with Crippen molar-refractivity contribution in [2.24, 2.45) is 11.7 Å². The number of ether oxygens (including phenoxy) is 3. The molecule has 1 aliphatic carbocycles. The molecular formula is C15H21NO3. The van der Waals surface area contributed by atoms with Gasteiger partial charge in [0.15, 0.2) is 11.5 Å². The standard InChI is InChI=1S/C15H21NO3/c1-10-3-2-4-12(5-10)19-13-7-15-14(17-9-18-15)6-11(13)8-16/h6-7,10,12H,2-5,8-9,16H2,1H3. The molecule has 19 heavy (non-hydrogen) atoms. The van der Waals surface area contributed by atoms with Crippen LogP contribution in [0.15, 0.2) is 12.1 Å². The lowest BCUT2D eigenvalue weighted by Crippen LogP contribution is -2.24. The minimum absolute atomic E-state index is 0.281. The van der Waals surface area contributed by atoms with Crippen LogP contribution in [0.2, 0.25) is 0 Å². The van der Waals surface area contributed by atoms with Crippen LogP contribution in [0.5, 0.6) is 17.2 Å². The molecule has 104 valence electrons. The molecule has 1 fully saturated rings. The lowest BCUT2D eigenvalue weighted by atomic mass is 9.88. The van der Waals surface area contributed by atoms with Crippen LogP contribution in [0.25, 0.3) is 0 Å². The van der Waals surface area contributed by atoms with Crippen molar-refractivity contribution < 1.29 is 14.2 Å². The van der Waals surface area contributed by atoms with Gasteiger partial charge in [-0.2, -0.15) is 0 Å². The average molecular weight is 263 g/mol. The van der Waals surface area contributed by atoms with Crippen LogP contribution in [0, 0.1) is 5.92 Å². The van der Waals surface area contributed by atoms with Crippen molar-refractivity contribution in [2.45, 2.75) is 45.3 Å². The van der Waals surface area contributed by atoms with Gasteiger partial charge in [-0.3, -0.25) is 0 Å². The number of fused-ring (bicyclic) bond motifs is 1. The first-order chi connectivity index (χ1) is 9.26. The Labute approximate surface area is 113 Å². The Morgan fingerprint density at radius 2 is 2.05 bits per heavy atom. The normalized spacial score (nSPS) is 25.4. The fourth-order valence-corrected chi connectivity index (χ4v) is 2.90. The summed E-state index contributed by atoms with van der Waals surface area (Å²) in [6.45, 7) is 3.02. The summed E-state index contributed by atoms with van der Waals surface area (Å²) >= 11 is 0. The molecule has 1 saturated carbocycles. The van der Waals surface area contributed by atoms with E-state index in [4.69, 9.17) is 19.9 Å². The molecule has 0 saturated heterocycles. The van der Waals surface area contributed by atoms with Gasteiger partial charge in [0.25, 0.3) is 0 Å². The van der Waals surface area contributed by atoms with E-state index in [2.05, 4.69) is 6.92 Å². The van der Waals surface area contributed by atoms with Crippen molar-refractivity contribution in [1.29, 1.82) is 0 Å². The first-order valence-electron chi connectivity index (χ1n) is 7.05. The Bertz CT molecular complexity index is 461. The summed E-state index contributed by atoms with van der Waals surface area (Å²) in [5.41, 5.74) is 6.79. The van der Waals surface area contributed by atoms with Crippen LogP contribution in [0.1, 0.15) is 38.2 Å². The zero-order chi connectivity index (χ0) is 13.2. The predicted octanol–water partition coefficient (Wildman–Crippen LogP) is 2.83. The van der Waals surface area contributed by atoms with Gasteiger partial charge >= 0.3 is 0 Å². The minimum Gasteiger partial charge on any atom is -0.490 e. The van der Waals surface area contributed by atoms with E-state index in [0.717, 1.165) is 41.6 Å². The van der Waals surface area contributed by atoms with Gasteiger partial charge < -0.3 is 19.9 Å². The van der Waals surface area contributed by atoms with Crippen LogP contribution in [-0.4, -0.2) is 12.9 Å². The summed E-state index contributed by atoms with van der Waals surface area (Å²) in [6.07, 6.45) is 5.11. The van der Waals surface area contributed by atoms with Crippen molar-refractivity contribution in [3.8, 4) is 17.2 Å². The molecule has 1 aromatic rings. The third-order valence-corrected chi connectivity index (χ3v) is 3.96. The zero-order valence-electron chi connectivity index (χ0n) is 11.4. The lowest BCUT2D eigenvalue weighted by Gasteiger charge is -2.28. The van der Waals surface area contributed by atoms with E-state index in [9.17, 15) is 0 Å². The van der Waals surface area contributed by atoms with Gasteiger partial charge in [0, 0.05) is 18.2 Å². The molecule has 2 aliphatic rings. The number of benzene rings is 1. The maximum absolute atomic E-state index is 6.16. The third-order valence-electron chi connectivity index (χ3n) is 3.96. The second-order valence-corrected chi connectivity index (χ2v) is 5.53. The summed E-state index contributed by atoms with van der Waals surface area (Å²) < 4.78 is 16.9. The van der Waals surface area contributed by atoms with Crippen molar-refractivity contribution in [1.82, 2.24) is 0 Å². The smallest absolute Gasteiger partial charge is 0.231 e. The van der Waals surface area contributed by atoms with E-state index < -0.39 is 0 Å². The fraction of sp³-hybridized carbons (Fsp3) is 0.600. The van der Waals surface area contributed by atoms with E-state index in [1.54, 1.807) is 0 Å². The Kier molecular flexibility index (Phi) is 3.51. The summed E-state index contributed by atoms with van der Waals surface area (Å²) in [5.74, 6) is 3.13. The lowest BCUT2D eigenvalue weighted by molar-refractivity contribution is 0.127. The molecule has 4 nitrogen and oxygen atoms in total. The van der Waals surface area contributed by atoms with Gasteiger partial charge in [0.05, 0.1) is 6.10 Å². The molecule has 0 bridgehead atoms. The van der Waals surface area contributed by atoms with Crippen molar-refractivity contribution in [3.05, 3.63) is 17.7 Å². The summed E-state index contributed by atoms with van der Waals surface area (Å²) in [7, 11) is 0. The maximum atomic E-state index is 6.16. The topological polar surface area (TPSA) is 53.7 Å². The highest BCUT2D eigenvalue weighted by molar-refractivity contribution is 5.51. The first-order valence-corrected chi connectivity index (χ1v) is 7.05. The van der Waals surface area contributed by atoms with Crippen LogP contribution in [0.3, 0.4) is 0 Å². The van der Waals surface area contributed by atoms with E-state index in [1.807, 2.05) is 12.1 Å². The summed E-state index contributed by atoms with van der Waals surface area (Å²) in [5, 5.41) is 0. The van der Waals surface area contributed by atoms with E-state index in [-0.39, 0.29) is 6.79 Å². The molecule has 3 rings (SSSR count). The minimum atomic E-state index is 0.281. The molecule has 4 heteroatoms. The second kappa shape index (κ2) is 5.29. The van der Waals surface area contributed by atoms with Crippen molar-refractivity contribution in [3.63, 3.8) is 0 Å². The summed E-state index contributed by atoms with van der Waals surface area (Å²) in [4.78, 5) is 0. The average Bonchev–Trinajstić information content (AvgIpc) is 2.85. The molecule has 1 heterocycles. The van der Waals surface area contributed by atoms with Crippen LogP contribution < -0.4 is 19.9 Å². The quantitative estimate of drug-likeness (QED) is 0.911. The molecule has 0 spiro atoms. The third kappa shape index (κ3) is 2.63. The Hall–Kier alpha value is -1.42. The van der Waals surface area contributed by atoms with Gasteiger partial charge in [-0.1, -0.05) is 13.3 Å². The molecule has 1 aliphatic heterocycles. The zero-order valence-corrected chi connectivity index (χ0v) is 11.4. The molecule has 0 radical (unpaired) electrons. The number of hydrogen-bond acceptors (Lipinski definition) is 4. The number of nitrogens with two attached hydrogens (primary N) is 1. The SMILES string of the molecule is CC1CCCC(Oc2cc3c(cc2CN)OCO3)C1. The van der Waals surface area contributed by atoms with Gasteiger partial charge in [0.1, 0.15) is 5.75 Å². The van der Waals surface area contributed by atoms with Crippen LogP contribution >= 0.6 is 0 Å². The molecule has 0 aromatic heterocycles. The summed E-state index contributed by atoms with van der Waals surface area (Å²) in [6, 6.07) is 3.85. The van der Waals surface area contributed by atoms with Gasteiger partial charge in [-0.05, 0) is 31.2 Å². The molecule has 2 N–H and O–H groups in total. The first kappa shape index (κ1) is 12.6. The molecular weight excluding hydrogens is 242 g/mol. The van der Waals surface area contributed by atoms with Crippen molar-refractivity contribution >= 4 is 0 Å². The van der Waals surface area contributed by atoms with E-state index >= 15 is 0 Å². The maximum Gasteiger partial charge on any atom is 0.231 e. The van der Waals surface area contributed by atoms with Crippen LogP contribution in [-0.2, 0) is 6.54 Å². The molecule has 2 atom stereocenters. The van der Waals surface area contributed by atoms with Crippen LogP contribution in [0.4, 0.5) is 0 Å². The highest BCUT2D eigenvalue weighted by atomic mass is 16.7. The van der Waals surface area contributed by atoms with E-state index in [1.165, 1.54) is 12.8 Å². The van der Waals surface area contributed by atoms with Gasteiger partial charge in [-0.15, -0.1) is 0 Å². The molecule has 1 aromatic carbocycles. The Morgan fingerprint density at radius 1 is 1.26 bits per heavy atom. The van der Waals surface area contributed by atoms with Crippen molar-refractivity contribution in [2.75, 3.05) is 6.79 Å². The monoisotopic (exact) mass is 263 g/mol. The number of hydrogen-bond donors (Lipinski definition) is 1. The Morgan fingerprint density at radius 3 is 2.79 bits per heavy atom. The van der Waals surface area contributed by atoms with Gasteiger partial charge in [0.2, 0.25) is 6.79 Å². The largest absolute Gasteiger partial charge is 0.490 e. The Balaban J connectivity index is 1.79. The molecule has 2 unspecified atom stereocenters. The highest BCUT2D eigenvalue weighted by Gasteiger charge is 2.23. The predicted molar refractivity (Wildman–Crippen MR) is 72.5 cm³/mol. The second-order valence-electron chi connectivity index (χ2n) is 5.53. The molecule has 0 amide bonds. The van der Waals surface area contributed by atoms with Gasteiger partial charge in [-0.25, -0.2) is 0 Å². The fourth-order valence-electron chi connectivity index (χ4n) is 2.90. The van der Waals surface area contributed by atoms with E-state index in [0.29, 0.717) is 12.6 Å². The number of rotatable bonds is 3.